The van der Waals surface area contributed by atoms with E-state index in [0.29, 0.717) is 10.6 Å². The Hall–Kier alpha value is -1.38. The first kappa shape index (κ1) is 13.1. The van der Waals surface area contributed by atoms with Crippen LogP contribution in [-0.2, 0) is 0 Å². The van der Waals surface area contributed by atoms with E-state index in [1.165, 1.54) is 0 Å². The molecule has 0 atom stereocenters. The number of hydrogen-bond acceptors (Lipinski definition) is 1. The second-order valence-electron chi connectivity index (χ2n) is 3.74. The van der Waals surface area contributed by atoms with Crippen molar-refractivity contribution >= 4 is 39.4 Å². The zero-order chi connectivity index (χ0) is 13.0. The Morgan fingerprint density at radius 3 is 2.50 bits per heavy atom. The van der Waals surface area contributed by atoms with Crippen molar-refractivity contribution in [2.45, 2.75) is 0 Å². The molecule has 0 aliphatic heterocycles. The average Bonchev–Trinajstić information content (AvgIpc) is 2.40. The van der Waals surface area contributed by atoms with Crippen molar-refractivity contribution in [3.05, 3.63) is 75.2 Å². The van der Waals surface area contributed by atoms with Gasteiger partial charge in [0.15, 0.2) is 5.78 Å². The summed E-state index contributed by atoms with van der Waals surface area (Å²) < 4.78 is 0.785. The molecule has 0 unspecified atom stereocenters. The van der Waals surface area contributed by atoms with Gasteiger partial charge in [-0.25, -0.2) is 0 Å². The summed E-state index contributed by atoms with van der Waals surface area (Å²) in [6.07, 6.45) is 3.34. The number of allylic oxidation sites excluding steroid dienone is 1. The molecule has 0 aliphatic carbocycles. The normalized spacial score (nSPS) is 10.8. The van der Waals surface area contributed by atoms with E-state index in [4.69, 9.17) is 11.6 Å². The van der Waals surface area contributed by atoms with E-state index in [1.807, 2.05) is 30.3 Å². The highest BCUT2D eigenvalue weighted by molar-refractivity contribution is 9.10. The molecule has 0 fully saturated rings. The van der Waals surface area contributed by atoms with Crippen LogP contribution in [0.3, 0.4) is 0 Å². The predicted molar refractivity (Wildman–Crippen MR) is 79.0 cm³/mol. The minimum absolute atomic E-state index is 0.0618. The zero-order valence-corrected chi connectivity index (χ0v) is 11.8. The van der Waals surface area contributed by atoms with Crippen LogP contribution in [0.2, 0.25) is 5.02 Å². The van der Waals surface area contributed by atoms with Gasteiger partial charge in [0.1, 0.15) is 0 Å². The first-order valence-electron chi connectivity index (χ1n) is 5.39. The molecule has 0 saturated carbocycles. The van der Waals surface area contributed by atoms with Gasteiger partial charge in [0.05, 0.1) is 5.02 Å². The molecule has 0 spiro atoms. The lowest BCUT2D eigenvalue weighted by atomic mass is 10.1. The van der Waals surface area contributed by atoms with Crippen molar-refractivity contribution in [1.82, 2.24) is 0 Å². The molecule has 0 radical (unpaired) electrons. The van der Waals surface area contributed by atoms with Gasteiger partial charge in [-0.05, 0) is 45.8 Å². The Balaban J connectivity index is 2.17. The SMILES string of the molecule is O=C(/C=C/c1ccccc1)c1ccc(Br)c(Cl)c1. The van der Waals surface area contributed by atoms with E-state index in [9.17, 15) is 4.79 Å². The summed E-state index contributed by atoms with van der Waals surface area (Å²) >= 11 is 9.24. The fraction of sp³-hybridized carbons (Fsp3) is 0. The van der Waals surface area contributed by atoms with E-state index in [2.05, 4.69) is 15.9 Å². The van der Waals surface area contributed by atoms with Gasteiger partial charge in [-0.15, -0.1) is 0 Å². The molecule has 90 valence electrons. The Kier molecular flexibility index (Phi) is 4.34. The van der Waals surface area contributed by atoms with E-state index in [1.54, 1.807) is 30.4 Å². The fourth-order valence-corrected chi connectivity index (χ4v) is 1.91. The first-order chi connectivity index (χ1) is 8.66. The average molecular weight is 322 g/mol. The standard InChI is InChI=1S/C15H10BrClO/c16-13-8-7-12(10-14(13)17)15(18)9-6-11-4-2-1-3-5-11/h1-10H/b9-6+. The molecule has 1 nitrogen and oxygen atoms in total. The minimum Gasteiger partial charge on any atom is -0.289 e. The molecule has 0 aromatic heterocycles. The van der Waals surface area contributed by atoms with Crippen molar-refractivity contribution < 1.29 is 4.79 Å². The minimum atomic E-state index is -0.0618. The monoisotopic (exact) mass is 320 g/mol. The third kappa shape index (κ3) is 3.31. The predicted octanol–water partition coefficient (Wildman–Crippen LogP) is 5.00. The zero-order valence-electron chi connectivity index (χ0n) is 9.44. The van der Waals surface area contributed by atoms with E-state index >= 15 is 0 Å². The van der Waals surface area contributed by atoms with Gasteiger partial charge < -0.3 is 0 Å². The summed E-state index contributed by atoms with van der Waals surface area (Å²) in [7, 11) is 0. The maximum atomic E-state index is 11.9. The van der Waals surface area contributed by atoms with E-state index < -0.39 is 0 Å². The molecule has 18 heavy (non-hydrogen) atoms. The second kappa shape index (κ2) is 5.98. The highest BCUT2D eigenvalue weighted by Gasteiger charge is 2.04. The van der Waals surface area contributed by atoms with Gasteiger partial charge in [-0.3, -0.25) is 4.79 Å². The summed E-state index contributed by atoms with van der Waals surface area (Å²) in [4.78, 5) is 11.9. The Morgan fingerprint density at radius 1 is 1.11 bits per heavy atom. The Morgan fingerprint density at radius 2 is 1.83 bits per heavy atom. The largest absolute Gasteiger partial charge is 0.289 e. The van der Waals surface area contributed by atoms with Crippen LogP contribution in [0, 0.1) is 0 Å². The van der Waals surface area contributed by atoms with Crippen molar-refractivity contribution in [2.75, 3.05) is 0 Å². The van der Waals surface area contributed by atoms with Crippen molar-refractivity contribution in [2.24, 2.45) is 0 Å². The molecular formula is C15H10BrClO. The Bertz CT molecular complexity index is 591. The van der Waals surface area contributed by atoms with Crippen molar-refractivity contribution in [3.63, 3.8) is 0 Å². The number of carbonyl (C=O) groups excluding carboxylic acids is 1. The summed E-state index contributed by atoms with van der Waals surface area (Å²) in [6, 6.07) is 14.9. The fourth-order valence-electron chi connectivity index (χ4n) is 1.48. The van der Waals surface area contributed by atoms with Crippen LogP contribution >= 0.6 is 27.5 Å². The van der Waals surface area contributed by atoms with E-state index in [0.717, 1.165) is 10.0 Å². The maximum absolute atomic E-state index is 11.9. The molecular weight excluding hydrogens is 312 g/mol. The van der Waals surface area contributed by atoms with Crippen LogP contribution < -0.4 is 0 Å². The van der Waals surface area contributed by atoms with Crippen LogP contribution in [0.5, 0.6) is 0 Å². The van der Waals surface area contributed by atoms with Gasteiger partial charge in [0, 0.05) is 10.0 Å². The van der Waals surface area contributed by atoms with Crippen LogP contribution in [-0.4, -0.2) is 5.78 Å². The molecule has 2 aromatic carbocycles. The maximum Gasteiger partial charge on any atom is 0.185 e. The van der Waals surface area contributed by atoms with Crippen LogP contribution in [0.4, 0.5) is 0 Å². The third-order valence-corrected chi connectivity index (χ3v) is 3.66. The molecule has 0 heterocycles. The number of hydrogen-bond donors (Lipinski definition) is 0. The highest BCUT2D eigenvalue weighted by atomic mass is 79.9. The Labute approximate surface area is 119 Å². The lowest BCUT2D eigenvalue weighted by Crippen LogP contribution is -1.93. The number of carbonyl (C=O) groups is 1. The summed E-state index contributed by atoms with van der Waals surface area (Å²) in [5, 5.41) is 0.536. The van der Waals surface area contributed by atoms with E-state index in [-0.39, 0.29) is 5.78 Å². The second-order valence-corrected chi connectivity index (χ2v) is 5.00. The summed E-state index contributed by atoms with van der Waals surface area (Å²) in [5.74, 6) is -0.0618. The molecule has 0 aliphatic rings. The smallest absolute Gasteiger partial charge is 0.185 e. The molecule has 2 rings (SSSR count). The molecule has 0 amide bonds. The van der Waals surface area contributed by atoms with Gasteiger partial charge in [-0.1, -0.05) is 48.0 Å². The first-order valence-corrected chi connectivity index (χ1v) is 6.56. The summed E-state index contributed by atoms with van der Waals surface area (Å²) in [5.41, 5.74) is 1.57. The third-order valence-electron chi connectivity index (χ3n) is 2.43. The van der Waals surface area contributed by atoms with Gasteiger partial charge >= 0.3 is 0 Å². The molecule has 2 aromatic rings. The lowest BCUT2D eigenvalue weighted by molar-refractivity contribution is 0.104. The van der Waals surface area contributed by atoms with Crippen LogP contribution in [0.25, 0.3) is 6.08 Å². The lowest BCUT2D eigenvalue weighted by Gasteiger charge is -1.99. The van der Waals surface area contributed by atoms with Crippen LogP contribution in [0.1, 0.15) is 15.9 Å². The number of halogens is 2. The highest BCUT2D eigenvalue weighted by Crippen LogP contribution is 2.23. The molecule has 0 saturated heterocycles. The van der Waals surface area contributed by atoms with Crippen LogP contribution in [0.15, 0.2) is 59.1 Å². The van der Waals surface area contributed by atoms with Gasteiger partial charge in [0.25, 0.3) is 0 Å². The number of benzene rings is 2. The quantitative estimate of drug-likeness (QED) is 0.574. The molecule has 0 N–H and O–H groups in total. The summed E-state index contributed by atoms with van der Waals surface area (Å²) in [6.45, 7) is 0. The molecule has 3 heteroatoms. The van der Waals surface area contributed by atoms with Crippen molar-refractivity contribution in [3.8, 4) is 0 Å². The molecule has 0 bridgehead atoms. The number of ketones is 1. The number of rotatable bonds is 3. The topological polar surface area (TPSA) is 17.1 Å². The van der Waals surface area contributed by atoms with Gasteiger partial charge in [0.2, 0.25) is 0 Å². The van der Waals surface area contributed by atoms with Gasteiger partial charge in [-0.2, -0.15) is 0 Å². The van der Waals surface area contributed by atoms with Crippen molar-refractivity contribution in [1.29, 1.82) is 0 Å².